The molecule has 3 amide bonds. The summed E-state index contributed by atoms with van der Waals surface area (Å²) in [6, 6.07) is 20.6. The molecule has 3 aromatic carbocycles. The second kappa shape index (κ2) is 7.42. The molecule has 1 fully saturated rings. The Morgan fingerprint density at radius 3 is 1.60 bits per heavy atom. The molecular formula is C28H22Cl2N2O3. The summed E-state index contributed by atoms with van der Waals surface area (Å²) < 4.78 is 0. The van der Waals surface area contributed by atoms with Crippen LogP contribution in [0.25, 0.3) is 0 Å². The molecule has 3 aliphatic carbocycles. The summed E-state index contributed by atoms with van der Waals surface area (Å²) in [5.74, 6) is -3.22. The Hall–Kier alpha value is -3.15. The summed E-state index contributed by atoms with van der Waals surface area (Å²) in [6.45, 7) is 3.47. The molecule has 0 aromatic heterocycles. The van der Waals surface area contributed by atoms with Crippen molar-refractivity contribution in [3.63, 3.8) is 0 Å². The van der Waals surface area contributed by atoms with Crippen LogP contribution in [0.5, 0.6) is 0 Å². The maximum Gasteiger partial charge on any atom is 0.244 e. The lowest BCUT2D eigenvalue weighted by Crippen LogP contribution is -2.57. The van der Waals surface area contributed by atoms with Gasteiger partial charge >= 0.3 is 0 Å². The second-order valence-corrected chi connectivity index (χ2v) is 10.8. The molecule has 7 heteroatoms. The van der Waals surface area contributed by atoms with E-state index >= 15 is 0 Å². The van der Waals surface area contributed by atoms with E-state index in [-0.39, 0.29) is 0 Å². The fourth-order valence-corrected chi connectivity index (χ4v) is 7.37. The van der Waals surface area contributed by atoms with Crippen molar-refractivity contribution in [3.8, 4) is 0 Å². The number of carbonyl (C=O) groups excluding carboxylic acids is 3. The summed E-state index contributed by atoms with van der Waals surface area (Å²) in [4.78, 5) is 39.0. The lowest BCUT2D eigenvalue weighted by molar-refractivity contribution is -0.142. The van der Waals surface area contributed by atoms with Gasteiger partial charge in [0.1, 0.15) is 16.3 Å². The number of alkyl halides is 2. The lowest BCUT2D eigenvalue weighted by Gasteiger charge is -2.54. The number of imide groups is 1. The molecule has 0 unspecified atom stereocenters. The minimum absolute atomic E-state index is 0.399. The molecule has 3 aromatic rings. The number of halogens is 2. The number of anilines is 1. The zero-order valence-corrected chi connectivity index (χ0v) is 20.7. The van der Waals surface area contributed by atoms with Crippen LogP contribution in [0, 0.1) is 25.7 Å². The van der Waals surface area contributed by atoms with Crippen LogP contribution >= 0.6 is 23.2 Å². The molecule has 0 spiro atoms. The van der Waals surface area contributed by atoms with Crippen LogP contribution in [-0.2, 0) is 24.1 Å². The summed E-state index contributed by atoms with van der Waals surface area (Å²) in [5, 5.41) is 2.81. The highest BCUT2D eigenvalue weighted by molar-refractivity contribution is 6.36. The van der Waals surface area contributed by atoms with Gasteiger partial charge in [-0.05, 0) is 59.4 Å². The number of likely N-dealkylation sites (tertiary alicyclic amines) is 1. The summed E-state index contributed by atoms with van der Waals surface area (Å²) in [6.07, 6.45) is 0. The number of benzene rings is 3. The zero-order chi connectivity index (χ0) is 24.7. The van der Waals surface area contributed by atoms with Gasteiger partial charge in [0.05, 0.1) is 11.8 Å². The zero-order valence-electron chi connectivity index (χ0n) is 19.1. The van der Waals surface area contributed by atoms with Gasteiger partial charge in [0.15, 0.2) is 0 Å². The lowest BCUT2D eigenvalue weighted by atomic mass is 9.54. The molecule has 4 aliphatic rings. The monoisotopic (exact) mass is 504 g/mol. The molecule has 2 bridgehead atoms. The third-order valence-corrected chi connectivity index (χ3v) is 8.77. The van der Waals surface area contributed by atoms with Gasteiger partial charge < -0.3 is 5.32 Å². The first-order valence-electron chi connectivity index (χ1n) is 11.5. The molecule has 1 N–H and O–H groups in total. The Morgan fingerprint density at radius 2 is 1.20 bits per heavy atom. The standard InChI is InChI=1S/C28H22Cl2N2O3/c1-15-11-16(2)13-17(12-15)31-22(33)14-32-25(34)23-24(26(32)35)28(30)19-8-4-3-7-18(19)27(23,29)20-9-5-6-10-21(20)28/h3-13,23-24H,14H2,1-2H3,(H,31,33)/t23-,24+,27?,28?. The third-order valence-electron chi connectivity index (χ3n) is 7.48. The van der Waals surface area contributed by atoms with Crippen molar-refractivity contribution in [1.29, 1.82) is 0 Å². The Labute approximate surface area is 213 Å². The van der Waals surface area contributed by atoms with Gasteiger partial charge in [-0.25, -0.2) is 0 Å². The highest BCUT2D eigenvalue weighted by Crippen LogP contribution is 2.69. The average molecular weight is 505 g/mol. The summed E-state index contributed by atoms with van der Waals surface area (Å²) in [7, 11) is 0. The van der Waals surface area contributed by atoms with E-state index in [0.717, 1.165) is 38.3 Å². The van der Waals surface area contributed by atoms with Crippen LogP contribution in [-0.4, -0.2) is 29.2 Å². The Morgan fingerprint density at radius 1 is 0.800 bits per heavy atom. The van der Waals surface area contributed by atoms with E-state index < -0.39 is 45.9 Å². The number of hydrogen-bond acceptors (Lipinski definition) is 3. The number of nitrogens with one attached hydrogen (secondary N) is 1. The fourth-order valence-electron chi connectivity index (χ4n) is 6.27. The van der Waals surface area contributed by atoms with Crippen molar-refractivity contribution >= 4 is 46.6 Å². The predicted octanol–water partition coefficient (Wildman–Crippen LogP) is 4.84. The van der Waals surface area contributed by atoms with Crippen LogP contribution in [0.4, 0.5) is 5.69 Å². The van der Waals surface area contributed by atoms with E-state index in [0.29, 0.717) is 5.69 Å². The fraction of sp³-hybridized carbons (Fsp3) is 0.250. The van der Waals surface area contributed by atoms with E-state index in [9.17, 15) is 14.4 Å². The Bertz CT molecular complexity index is 1310. The second-order valence-electron chi connectivity index (χ2n) is 9.66. The molecule has 1 saturated heterocycles. The number of aryl methyl sites for hydroxylation is 2. The minimum atomic E-state index is -1.25. The summed E-state index contributed by atoms with van der Waals surface area (Å²) in [5.41, 5.74) is 5.56. The molecule has 5 nitrogen and oxygen atoms in total. The van der Waals surface area contributed by atoms with E-state index in [4.69, 9.17) is 23.2 Å². The van der Waals surface area contributed by atoms with Gasteiger partial charge in [0, 0.05) is 5.69 Å². The van der Waals surface area contributed by atoms with Gasteiger partial charge in [-0.3, -0.25) is 19.3 Å². The first-order valence-corrected chi connectivity index (χ1v) is 12.2. The van der Waals surface area contributed by atoms with Gasteiger partial charge in [-0.15, -0.1) is 23.2 Å². The van der Waals surface area contributed by atoms with E-state index in [1.165, 1.54) is 0 Å². The van der Waals surface area contributed by atoms with E-state index in [1.807, 2.05) is 80.6 Å². The molecule has 35 heavy (non-hydrogen) atoms. The van der Waals surface area contributed by atoms with Crippen molar-refractivity contribution in [3.05, 3.63) is 100 Å². The number of hydrogen-bond donors (Lipinski definition) is 1. The first-order chi connectivity index (χ1) is 16.7. The van der Waals surface area contributed by atoms with Crippen molar-refractivity contribution in [1.82, 2.24) is 4.90 Å². The summed E-state index contributed by atoms with van der Waals surface area (Å²) >= 11 is 14.8. The SMILES string of the molecule is Cc1cc(C)cc(NC(=O)CN2C(=O)[C@@H]3[C@H](C2=O)C2(Cl)c4ccccc4C3(Cl)c3ccccc32)c1. The van der Waals surface area contributed by atoms with Crippen LogP contribution in [0.2, 0.25) is 0 Å². The third kappa shape index (κ3) is 2.85. The van der Waals surface area contributed by atoms with Crippen molar-refractivity contribution in [2.75, 3.05) is 11.9 Å². The van der Waals surface area contributed by atoms with Crippen molar-refractivity contribution in [2.45, 2.75) is 23.6 Å². The molecule has 1 heterocycles. The van der Waals surface area contributed by atoms with Crippen LogP contribution < -0.4 is 5.32 Å². The smallest absolute Gasteiger partial charge is 0.244 e. The molecule has 1 aliphatic heterocycles. The van der Waals surface area contributed by atoms with Gasteiger partial charge in [0.25, 0.3) is 0 Å². The Kier molecular flexibility index (Phi) is 4.73. The van der Waals surface area contributed by atoms with E-state index in [1.54, 1.807) is 0 Å². The molecule has 176 valence electrons. The van der Waals surface area contributed by atoms with Gasteiger partial charge in [-0.1, -0.05) is 54.6 Å². The van der Waals surface area contributed by atoms with Gasteiger partial charge in [0.2, 0.25) is 17.7 Å². The van der Waals surface area contributed by atoms with Gasteiger partial charge in [-0.2, -0.15) is 0 Å². The molecule has 0 saturated carbocycles. The minimum Gasteiger partial charge on any atom is -0.325 e. The first kappa shape index (κ1) is 22.3. The van der Waals surface area contributed by atoms with Crippen molar-refractivity contribution < 1.29 is 14.4 Å². The highest BCUT2D eigenvalue weighted by atomic mass is 35.5. The molecular weight excluding hydrogens is 483 g/mol. The highest BCUT2D eigenvalue weighted by Gasteiger charge is 2.73. The largest absolute Gasteiger partial charge is 0.325 e. The average Bonchev–Trinajstić information content (AvgIpc) is 3.07. The normalized spacial score (nSPS) is 27.9. The number of rotatable bonds is 3. The van der Waals surface area contributed by atoms with Crippen molar-refractivity contribution in [2.24, 2.45) is 11.8 Å². The number of carbonyl (C=O) groups is 3. The quantitative estimate of drug-likeness (QED) is 0.410. The van der Waals surface area contributed by atoms with Crippen LogP contribution in [0.3, 0.4) is 0 Å². The predicted molar refractivity (Wildman–Crippen MR) is 134 cm³/mol. The molecule has 0 radical (unpaired) electrons. The van der Waals surface area contributed by atoms with Crippen LogP contribution in [0.1, 0.15) is 33.4 Å². The topological polar surface area (TPSA) is 66.5 Å². The molecule has 7 rings (SSSR count). The number of nitrogens with zero attached hydrogens (tertiary/aromatic N) is 1. The van der Waals surface area contributed by atoms with E-state index in [2.05, 4.69) is 5.32 Å². The maximum absolute atomic E-state index is 13.8. The maximum atomic E-state index is 13.8. The number of amides is 3. The van der Waals surface area contributed by atoms with Crippen LogP contribution in [0.15, 0.2) is 66.7 Å². The molecule has 2 atom stereocenters. The Balaban J connectivity index is 1.41.